The first-order chi connectivity index (χ1) is 17.3. The topological polar surface area (TPSA) is 82.0 Å². The highest BCUT2D eigenvalue weighted by atomic mass is 32.3. The third-order valence-corrected chi connectivity index (χ3v) is 7.28. The number of ether oxygens (including phenoxy) is 1. The number of benzene rings is 3. The molecule has 1 aliphatic carbocycles. The molecule has 0 atom stereocenters. The Hall–Kier alpha value is -2.91. The molecule has 2 aliphatic rings. The molecule has 1 saturated carbocycles. The summed E-state index contributed by atoms with van der Waals surface area (Å²) >= 11 is 0. The summed E-state index contributed by atoms with van der Waals surface area (Å²) in [7, 11) is -3.29. The molecule has 0 bridgehead atoms. The van der Waals surface area contributed by atoms with Gasteiger partial charge >= 0.3 is 0 Å². The van der Waals surface area contributed by atoms with Gasteiger partial charge in [-0.15, -0.1) is 10.8 Å². The van der Waals surface area contributed by atoms with E-state index in [1.54, 1.807) is 0 Å². The van der Waals surface area contributed by atoms with Crippen molar-refractivity contribution in [2.24, 2.45) is 5.92 Å². The zero-order chi connectivity index (χ0) is 25.3. The molecule has 0 unspecified atom stereocenters. The molecule has 1 heterocycles. The van der Waals surface area contributed by atoms with Crippen molar-refractivity contribution in [1.82, 2.24) is 9.62 Å². The third kappa shape index (κ3) is 5.73. The quantitative estimate of drug-likeness (QED) is 0.324. The van der Waals surface area contributed by atoms with Gasteiger partial charge in [0.2, 0.25) is 0 Å². The molecule has 0 radical (unpaired) electrons. The molecule has 8 heteroatoms. The molecule has 0 spiro atoms. The minimum absolute atomic E-state index is 0. The van der Waals surface area contributed by atoms with Crippen LogP contribution in [0.3, 0.4) is 0 Å². The number of halogens is 1. The van der Waals surface area contributed by atoms with E-state index in [2.05, 4.69) is 58.2 Å². The average Bonchev–Trinajstić information content (AvgIpc) is 3.66. The SMILES string of the molecule is CS(O)(O)NC(=O)c1cc(C2CC2)c(OCC2CN(C(c3ccccc3)c3ccccc3)C2)cc1F.[HH]. The molecule has 6 nitrogen and oxygen atoms in total. The van der Waals surface area contributed by atoms with Crippen LogP contribution in [0.1, 0.15) is 53.3 Å². The van der Waals surface area contributed by atoms with Crippen molar-refractivity contribution < 1.29 is 24.5 Å². The number of nitrogens with zero attached hydrogens (tertiary/aromatic N) is 1. The van der Waals surface area contributed by atoms with Crippen LogP contribution in [-0.4, -0.2) is 45.9 Å². The fourth-order valence-electron chi connectivity index (χ4n) is 4.83. The Morgan fingerprint density at radius 2 is 1.67 bits per heavy atom. The van der Waals surface area contributed by atoms with E-state index in [1.807, 2.05) is 12.1 Å². The van der Waals surface area contributed by atoms with Gasteiger partial charge < -0.3 is 4.74 Å². The zero-order valence-electron chi connectivity index (χ0n) is 20.1. The largest absolute Gasteiger partial charge is 0.493 e. The Kier molecular flexibility index (Phi) is 7.03. The predicted molar refractivity (Wildman–Crippen MR) is 142 cm³/mol. The first-order valence-electron chi connectivity index (χ1n) is 12.1. The van der Waals surface area contributed by atoms with Crippen LogP contribution >= 0.6 is 10.8 Å². The molecule has 2 fully saturated rings. The predicted octanol–water partition coefficient (Wildman–Crippen LogP) is 6.07. The van der Waals surface area contributed by atoms with Gasteiger partial charge in [0.15, 0.2) is 0 Å². The third-order valence-electron chi connectivity index (χ3n) is 6.70. The summed E-state index contributed by atoms with van der Waals surface area (Å²) in [6.45, 7) is 2.20. The van der Waals surface area contributed by atoms with Gasteiger partial charge in [-0.1, -0.05) is 60.7 Å². The maximum atomic E-state index is 14.8. The van der Waals surface area contributed by atoms with Gasteiger partial charge in [-0.25, -0.2) is 4.39 Å². The van der Waals surface area contributed by atoms with Crippen molar-refractivity contribution in [2.75, 3.05) is 26.0 Å². The molecule has 192 valence electrons. The van der Waals surface area contributed by atoms with Gasteiger partial charge in [-0.2, -0.15) is 0 Å². The second kappa shape index (κ2) is 10.2. The average molecular weight is 513 g/mol. The lowest BCUT2D eigenvalue weighted by Gasteiger charge is -2.44. The molecule has 5 rings (SSSR count). The van der Waals surface area contributed by atoms with Crippen LogP contribution in [0.5, 0.6) is 5.75 Å². The van der Waals surface area contributed by atoms with Gasteiger partial charge in [0.1, 0.15) is 11.6 Å². The van der Waals surface area contributed by atoms with E-state index < -0.39 is 22.5 Å². The van der Waals surface area contributed by atoms with Crippen molar-refractivity contribution in [3.05, 3.63) is 101 Å². The number of amides is 1. The Balaban J connectivity index is 0.00000320. The Labute approximate surface area is 214 Å². The van der Waals surface area contributed by atoms with Gasteiger partial charge in [0, 0.05) is 32.8 Å². The molecule has 0 aromatic heterocycles. The summed E-state index contributed by atoms with van der Waals surface area (Å²) in [6.07, 6.45) is 3.00. The van der Waals surface area contributed by atoms with Gasteiger partial charge in [-0.3, -0.25) is 23.5 Å². The minimum Gasteiger partial charge on any atom is -0.493 e. The van der Waals surface area contributed by atoms with E-state index in [4.69, 9.17) is 4.74 Å². The van der Waals surface area contributed by atoms with Crippen molar-refractivity contribution >= 4 is 16.7 Å². The van der Waals surface area contributed by atoms with E-state index in [9.17, 15) is 18.3 Å². The lowest BCUT2D eigenvalue weighted by atomic mass is 9.90. The van der Waals surface area contributed by atoms with Crippen LogP contribution in [0.15, 0.2) is 72.8 Å². The van der Waals surface area contributed by atoms with Gasteiger partial charge in [0.05, 0.1) is 18.2 Å². The molecule has 1 saturated heterocycles. The normalized spacial score (nSPS) is 17.0. The Bertz CT molecular complexity index is 1180. The van der Waals surface area contributed by atoms with E-state index in [0.29, 0.717) is 18.3 Å². The molecule has 3 N–H and O–H groups in total. The van der Waals surface area contributed by atoms with E-state index in [0.717, 1.165) is 37.8 Å². The summed E-state index contributed by atoms with van der Waals surface area (Å²) in [4.78, 5) is 14.8. The molecule has 3 aromatic carbocycles. The molecule has 1 aliphatic heterocycles. The van der Waals surface area contributed by atoms with E-state index >= 15 is 0 Å². The first-order valence-corrected chi connectivity index (χ1v) is 14.1. The molecule has 3 aromatic rings. The van der Waals surface area contributed by atoms with E-state index in [1.165, 1.54) is 23.3 Å². The number of likely N-dealkylation sites (tertiary alicyclic amines) is 1. The summed E-state index contributed by atoms with van der Waals surface area (Å²) < 4.78 is 42.0. The molecule has 36 heavy (non-hydrogen) atoms. The number of nitrogens with one attached hydrogen (secondary N) is 1. The van der Waals surface area contributed by atoms with Crippen molar-refractivity contribution in [2.45, 2.75) is 24.8 Å². The number of carbonyl (C=O) groups excluding carboxylic acids is 1. The minimum atomic E-state index is -3.29. The highest BCUT2D eigenvalue weighted by Crippen LogP contribution is 2.45. The molecular weight excluding hydrogens is 479 g/mol. The summed E-state index contributed by atoms with van der Waals surface area (Å²) in [5.41, 5.74) is 3.10. The second-order valence-electron chi connectivity index (χ2n) is 9.76. The fraction of sp³-hybridized carbons (Fsp3) is 0.321. The first kappa shape index (κ1) is 24.8. The van der Waals surface area contributed by atoms with Crippen LogP contribution in [0, 0.1) is 11.7 Å². The molecular formula is C28H33FN2O4S. The highest BCUT2D eigenvalue weighted by Gasteiger charge is 2.35. The number of hydrogen-bond donors (Lipinski definition) is 3. The number of hydrogen-bond acceptors (Lipinski definition) is 5. The zero-order valence-corrected chi connectivity index (χ0v) is 21.0. The van der Waals surface area contributed by atoms with Crippen molar-refractivity contribution in [3.63, 3.8) is 0 Å². The summed E-state index contributed by atoms with van der Waals surface area (Å²) in [5.74, 6) is -0.570. The Morgan fingerprint density at radius 3 is 2.19 bits per heavy atom. The maximum Gasteiger partial charge on any atom is 0.272 e. The van der Waals surface area contributed by atoms with Crippen molar-refractivity contribution in [1.29, 1.82) is 0 Å². The molecule has 1 amide bonds. The van der Waals surface area contributed by atoms with Crippen molar-refractivity contribution in [3.8, 4) is 5.75 Å². The lowest BCUT2D eigenvalue weighted by molar-refractivity contribution is 0.0375. The Morgan fingerprint density at radius 1 is 1.08 bits per heavy atom. The van der Waals surface area contributed by atoms with Crippen LogP contribution < -0.4 is 9.46 Å². The summed E-state index contributed by atoms with van der Waals surface area (Å²) in [6, 6.07) is 23.8. The van der Waals surface area contributed by atoms with Crippen LogP contribution in [0.4, 0.5) is 4.39 Å². The smallest absolute Gasteiger partial charge is 0.272 e. The maximum absolute atomic E-state index is 14.8. The second-order valence-corrected chi connectivity index (χ2v) is 11.6. The number of carbonyl (C=O) groups is 1. The van der Waals surface area contributed by atoms with Crippen LogP contribution in [0.2, 0.25) is 0 Å². The fourth-order valence-corrected chi connectivity index (χ4v) is 5.29. The summed E-state index contributed by atoms with van der Waals surface area (Å²) in [5, 5.41) is 0. The van der Waals surface area contributed by atoms with Gasteiger partial charge in [0.25, 0.3) is 5.91 Å². The highest BCUT2D eigenvalue weighted by molar-refractivity contribution is 8.22. The lowest BCUT2D eigenvalue weighted by Crippen LogP contribution is -2.51. The van der Waals surface area contributed by atoms with Crippen LogP contribution in [-0.2, 0) is 0 Å². The van der Waals surface area contributed by atoms with Gasteiger partial charge in [-0.05, 0) is 41.5 Å². The standard InChI is InChI=1S/C28H31FN2O4S.H2/c1-36(33,34)30-28(32)24-14-23(20-12-13-20)26(15-25(24)29)35-18-19-16-31(17-19)27(21-8-4-2-5-9-21)22-10-6-3-7-11-22;/h2-11,14-15,19-20,27,33-34H,12-13,16-18H2,1H3,(H,30,32);1H. The number of rotatable bonds is 9. The monoisotopic (exact) mass is 512 g/mol. The van der Waals surface area contributed by atoms with Crippen LogP contribution in [0.25, 0.3) is 0 Å². The van der Waals surface area contributed by atoms with E-state index in [-0.39, 0.29) is 18.9 Å².